The molecule has 6 heterocycles. The monoisotopic (exact) mass is 916 g/mol. The Labute approximate surface area is 402 Å². The number of carboxylic acids is 1. The second-order valence-electron chi connectivity index (χ2n) is 16.0. The normalized spacial score (nSPS) is 15.6. The van der Waals surface area contributed by atoms with E-state index in [1.807, 2.05) is 57.7 Å². The van der Waals surface area contributed by atoms with Crippen LogP contribution in [0.15, 0.2) is 73.6 Å². The van der Waals surface area contributed by atoms with Crippen molar-refractivity contribution in [1.29, 1.82) is 0 Å². The molecule has 0 spiro atoms. The van der Waals surface area contributed by atoms with Gasteiger partial charge < -0.3 is 44.9 Å². The molecule has 354 valence electrons. The molecule has 8 rings (SSSR count). The predicted octanol–water partition coefficient (Wildman–Crippen LogP) is 6.28. The number of benzene rings is 2. The van der Waals surface area contributed by atoms with Crippen LogP contribution in [0.5, 0.6) is 11.5 Å². The summed E-state index contributed by atoms with van der Waals surface area (Å²) >= 11 is 0. The summed E-state index contributed by atoms with van der Waals surface area (Å²) in [5.74, 6) is 1.76. The summed E-state index contributed by atoms with van der Waals surface area (Å²) in [5.41, 5.74) is 4.78. The number of aromatic nitrogens is 8. The minimum Gasteiger partial charge on any atom is -0.870 e. The van der Waals surface area contributed by atoms with Crippen molar-refractivity contribution in [3.05, 3.63) is 73.6 Å². The number of nitrogens with one attached hydrogen (secondary N) is 2. The number of imidazole rings is 2. The number of hydrogen-bond acceptors (Lipinski definition) is 16. The van der Waals surface area contributed by atoms with Crippen molar-refractivity contribution < 1.29 is 62.7 Å². The first kappa shape index (κ1) is 52.1. The topological polar surface area (TPSA) is 242 Å². The predicted molar refractivity (Wildman–Crippen MR) is 247 cm³/mol. The van der Waals surface area contributed by atoms with Gasteiger partial charge in [0.1, 0.15) is 35.0 Å². The maximum Gasteiger partial charge on any atom is 1.00 e. The Kier molecular flexibility index (Phi) is 21.6. The van der Waals surface area contributed by atoms with Crippen molar-refractivity contribution in [2.45, 2.75) is 115 Å². The number of unbranched alkanes of at least 4 members (excludes halogenated alkanes) is 6. The summed E-state index contributed by atoms with van der Waals surface area (Å²) < 4.78 is 32.0. The number of nitrogens with zero attached hydrogens (tertiary/aromatic N) is 8. The second kappa shape index (κ2) is 27.7. The Balaban J connectivity index is 0.000000244. The molecule has 0 amide bonds. The van der Waals surface area contributed by atoms with Crippen molar-refractivity contribution in [2.75, 3.05) is 44.2 Å². The molecule has 0 saturated carbocycles. The van der Waals surface area contributed by atoms with Gasteiger partial charge in [-0.15, -0.1) is 0 Å². The van der Waals surface area contributed by atoms with Crippen LogP contribution in [0.3, 0.4) is 0 Å². The molecule has 67 heavy (non-hydrogen) atoms. The molecule has 2 aliphatic rings. The van der Waals surface area contributed by atoms with Crippen LogP contribution in [0.25, 0.3) is 22.3 Å². The fraction of sp³-hybridized carbons (Fsp3) is 0.489. The molecule has 0 bridgehead atoms. The molecule has 2 saturated heterocycles. The Morgan fingerprint density at radius 1 is 0.642 bits per heavy atom. The molecule has 19 nitrogen and oxygen atoms in total. The number of carboxylic acid groups (broad SMARTS) is 1. The van der Waals surface area contributed by atoms with E-state index < -0.39 is 5.97 Å². The Morgan fingerprint density at radius 3 is 1.51 bits per heavy atom. The number of carbonyl (C=O) groups excluding carboxylic acids is 1. The van der Waals surface area contributed by atoms with E-state index in [1.165, 1.54) is 7.11 Å². The zero-order valence-electron chi connectivity index (χ0n) is 38.6. The molecule has 20 heteroatoms. The molecule has 0 aliphatic carbocycles. The minimum atomic E-state index is -0.732. The third kappa shape index (κ3) is 16.2. The SMILES string of the molecule is COC(=O)CCCCCCOc1ccc(Nc2ncc3ncn(C4CCCCO4)c3n2)cc1.O=C(O)CCCCCCOc1ccc(Nc2ncc3ncn(C4CCCCO4)c3n2)cc1.[Li+].[OH-]. The molecule has 2 unspecified atom stereocenters. The van der Waals surface area contributed by atoms with Crippen molar-refractivity contribution in [3.8, 4) is 11.5 Å². The zero-order chi connectivity index (χ0) is 45.1. The van der Waals surface area contributed by atoms with E-state index in [0.717, 1.165) is 148 Å². The first-order chi connectivity index (χ1) is 31.9. The van der Waals surface area contributed by atoms with Crippen LogP contribution in [0, 0.1) is 0 Å². The minimum absolute atomic E-state index is 0. The molecule has 2 atom stereocenters. The van der Waals surface area contributed by atoms with E-state index >= 15 is 0 Å². The number of rotatable bonds is 22. The number of hydrogen-bond donors (Lipinski definition) is 3. The van der Waals surface area contributed by atoms with Crippen molar-refractivity contribution in [2.24, 2.45) is 0 Å². The largest absolute Gasteiger partial charge is 1.00 e. The van der Waals surface area contributed by atoms with Gasteiger partial charge in [0.15, 0.2) is 11.3 Å². The van der Waals surface area contributed by atoms with E-state index in [9.17, 15) is 9.59 Å². The number of fused-ring (bicyclic) bond motifs is 2. The average Bonchev–Trinajstić information content (AvgIpc) is 3.97. The Hall–Kier alpha value is -5.84. The number of ether oxygens (including phenoxy) is 5. The summed E-state index contributed by atoms with van der Waals surface area (Å²) in [6, 6.07) is 15.4. The van der Waals surface area contributed by atoms with Gasteiger partial charge in [-0.2, -0.15) is 9.97 Å². The molecule has 6 aromatic rings. The van der Waals surface area contributed by atoms with Crippen LogP contribution >= 0.6 is 0 Å². The number of esters is 1. The molecule has 4 N–H and O–H groups in total. The molecule has 2 aromatic carbocycles. The van der Waals surface area contributed by atoms with Crippen molar-refractivity contribution in [1.82, 2.24) is 39.0 Å². The van der Waals surface area contributed by atoms with E-state index in [4.69, 9.17) is 24.1 Å². The third-order valence-electron chi connectivity index (χ3n) is 11.1. The third-order valence-corrected chi connectivity index (χ3v) is 11.1. The number of carbonyl (C=O) groups is 2. The van der Waals surface area contributed by atoms with Crippen molar-refractivity contribution in [3.63, 3.8) is 0 Å². The van der Waals surface area contributed by atoms with Gasteiger partial charge in [0.2, 0.25) is 11.9 Å². The summed E-state index contributed by atoms with van der Waals surface area (Å²) in [5, 5.41) is 15.1. The maximum absolute atomic E-state index is 11.1. The number of aliphatic carboxylic acids is 1. The van der Waals surface area contributed by atoms with Crippen LogP contribution < -0.4 is 39.0 Å². The molecule has 0 radical (unpaired) electrons. The molecule has 2 fully saturated rings. The van der Waals surface area contributed by atoms with Gasteiger partial charge in [-0.25, -0.2) is 19.9 Å². The first-order valence-electron chi connectivity index (χ1n) is 22.8. The van der Waals surface area contributed by atoms with Gasteiger partial charge in [0.05, 0.1) is 45.4 Å². The van der Waals surface area contributed by atoms with Gasteiger partial charge in [-0.05, 0) is 113 Å². The first-order valence-corrected chi connectivity index (χ1v) is 22.8. The summed E-state index contributed by atoms with van der Waals surface area (Å²) in [7, 11) is 1.42. The van der Waals surface area contributed by atoms with Gasteiger partial charge in [0.25, 0.3) is 0 Å². The Bertz CT molecular complexity index is 2390. The maximum atomic E-state index is 11.1. The van der Waals surface area contributed by atoms with E-state index in [1.54, 1.807) is 25.0 Å². The van der Waals surface area contributed by atoms with Crippen LogP contribution in [0.4, 0.5) is 23.3 Å². The Morgan fingerprint density at radius 2 is 1.09 bits per heavy atom. The van der Waals surface area contributed by atoms with Gasteiger partial charge in [-0.1, -0.05) is 25.7 Å². The second-order valence-corrected chi connectivity index (χ2v) is 16.0. The van der Waals surface area contributed by atoms with Crippen LogP contribution in [0.2, 0.25) is 0 Å². The molecular weight excluding hydrogens is 856 g/mol. The van der Waals surface area contributed by atoms with Crippen LogP contribution in [0.1, 0.15) is 115 Å². The van der Waals surface area contributed by atoms with Crippen LogP contribution in [-0.2, 0) is 23.8 Å². The van der Waals surface area contributed by atoms with Gasteiger partial charge in [0, 0.05) is 37.4 Å². The standard InChI is InChI=1S/C24H31N5O4.C23H29N5O4.Li.H2O/c1-31-22(30)9-4-2-3-6-14-32-19-12-10-18(11-13-19)27-24-25-16-20-23(28-24)29(17-26-20)21-8-5-7-15-33-21;29-21(30)8-3-1-2-5-13-31-18-11-9-17(10-12-18)26-23-24-15-19-22(27-23)28(16-25-19)20-7-4-6-14-32-20;;/h10-13,16-17,21H,2-9,14-15H2,1H3,(H,25,27,28);9-12,15-16,20H,1-8,13-14H2,(H,29,30)(H,24,26,27);;1H2/q;;+1;/p-1. The van der Waals surface area contributed by atoms with Gasteiger partial charge >= 0.3 is 30.8 Å². The van der Waals surface area contributed by atoms with Crippen LogP contribution in [-0.4, -0.2) is 95.1 Å². The summed E-state index contributed by atoms with van der Waals surface area (Å²) in [4.78, 5) is 48.5. The summed E-state index contributed by atoms with van der Waals surface area (Å²) in [6.45, 7) is 2.80. The molecule has 4 aromatic heterocycles. The zero-order valence-corrected chi connectivity index (χ0v) is 38.6. The number of methoxy groups -OCH3 is 1. The van der Waals surface area contributed by atoms with E-state index in [-0.39, 0.29) is 49.2 Å². The average molecular weight is 917 g/mol. The molecule has 2 aliphatic heterocycles. The van der Waals surface area contributed by atoms with Crippen molar-refractivity contribution >= 4 is 57.5 Å². The fourth-order valence-electron chi connectivity index (χ4n) is 7.55. The number of anilines is 4. The molecular formula is C47H61LiN10O9. The van der Waals surface area contributed by atoms with Gasteiger partial charge in [-0.3, -0.25) is 18.7 Å². The fourth-order valence-corrected chi connectivity index (χ4v) is 7.55. The van der Waals surface area contributed by atoms with E-state index in [2.05, 4.69) is 45.3 Å². The summed E-state index contributed by atoms with van der Waals surface area (Å²) in [6.07, 6.45) is 21.4. The smallest absolute Gasteiger partial charge is 0.870 e. The quantitative estimate of drug-likeness (QED) is 0.0385. The van der Waals surface area contributed by atoms with E-state index in [0.29, 0.717) is 31.5 Å².